The Balaban J connectivity index is 1.76. The van der Waals surface area contributed by atoms with Crippen molar-refractivity contribution >= 4 is 17.5 Å². The Bertz CT molecular complexity index is 810. The van der Waals surface area contributed by atoms with Gasteiger partial charge in [0.2, 0.25) is 0 Å². The maximum atomic E-state index is 13.4. The van der Waals surface area contributed by atoms with Gasteiger partial charge in [-0.2, -0.15) is 0 Å². The Morgan fingerprint density at radius 3 is 2.48 bits per heavy atom. The minimum absolute atomic E-state index is 0.0881. The van der Waals surface area contributed by atoms with Crippen molar-refractivity contribution in [3.8, 4) is 0 Å². The lowest BCUT2D eigenvalue weighted by Crippen LogP contribution is -2.48. The Morgan fingerprint density at radius 2 is 1.81 bits per heavy atom. The highest BCUT2D eigenvalue weighted by Gasteiger charge is 2.26. The zero-order valence-electron chi connectivity index (χ0n) is 15.1. The van der Waals surface area contributed by atoms with Gasteiger partial charge in [-0.25, -0.2) is 8.78 Å². The van der Waals surface area contributed by atoms with Gasteiger partial charge in [-0.1, -0.05) is 29.8 Å². The predicted octanol–water partition coefficient (Wildman–Crippen LogP) is 3.34. The van der Waals surface area contributed by atoms with Gasteiger partial charge in [0.15, 0.2) is 11.6 Å². The van der Waals surface area contributed by atoms with Gasteiger partial charge in [0.1, 0.15) is 0 Å². The summed E-state index contributed by atoms with van der Waals surface area (Å²) in [5.41, 5.74) is 1.03. The number of carbonyl (C=O) groups is 1. The summed E-state index contributed by atoms with van der Waals surface area (Å²) in [4.78, 5) is 16.9. The quantitative estimate of drug-likeness (QED) is 0.846. The standard InChI is InChI=1S/C20H22ClF2N3O/c1-25-8-10-26(11-9-25)19(15-4-2-3-5-16(15)21)13-24-20(27)14-6-7-17(22)18(23)12-14/h2-7,12,19H,8-11,13H2,1H3,(H,24,27). The molecular formula is C20H22ClF2N3O. The molecule has 0 radical (unpaired) electrons. The van der Waals surface area contributed by atoms with Crippen LogP contribution in [0, 0.1) is 11.6 Å². The van der Waals surface area contributed by atoms with Gasteiger partial charge in [-0.05, 0) is 36.9 Å². The van der Waals surface area contributed by atoms with Crippen molar-refractivity contribution in [3.63, 3.8) is 0 Å². The largest absolute Gasteiger partial charge is 0.350 e. The molecule has 3 rings (SSSR count). The number of nitrogens with one attached hydrogen (secondary N) is 1. The van der Waals surface area contributed by atoms with Crippen LogP contribution in [-0.2, 0) is 0 Å². The van der Waals surface area contributed by atoms with E-state index in [1.54, 1.807) is 0 Å². The molecule has 0 saturated carbocycles. The maximum absolute atomic E-state index is 13.4. The number of amides is 1. The van der Waals surface area contributed by atoms with E-state index in [2.05, 4.69) is 22.2 Å². The van der Waals surface area contributed by atoms with Gasteiger partial charge >= 0.3 is 0 Å². The third-order valence-electron chi connectivity index (χ3n) is 4.88. The minimum atomic E-state index is -1.04. The predicted molar refractivity (Wildman–Crippen MR) is 102 cm³/mol. The summed E-state index contributed by atoms with van der Waals surface area (Å²) < 4.78 is 26.5. The molecule has 1 amide bonds. The van der Waals surface area contributed by atoms with Crippen molar-refractivity contribution in [1.82, 2.24) is 15.1 Å². The first-order valence-corrected chi connectivity index (χ1v) is 9.24. The number of piperazine rings is 1. The Labute approximate surface area is 162 Å². The smallest absolute Gasteiger partial charge is 0.251 e. The van der Waals surface area contributed by atoms with E-state index in [1.165, 1.54) is 6.07 Å². The molecule has 0 aromatic heterocycles. The highest BCUT2D eigenvalue weighted by molar-refractivity contribution is 6.31. The van der Waals surface area contributed by atoms with Crippen molar-refractivity contribution in [2.45, 2.75) is 6.04 Å². The molecule has 1 unspecified atom stereocenters. The van der Waals surface area contributed by atoms with E-state index >= 15 is 0 Å². The molecule has 0 spiro atoms. The fourth-order valence-electron chi connectivity index (χ4n) is 3.24. The Morgan fingerprint density at radius 1 is 1.11 bits per heavy atom. The summed E-state index contributed by atoms with van der Waals surface area (Å²) >= 11 is 6.40. The summed E-state index contributed by atoms with van der Waals surface area (Å²) in [6.45, 7) is 3.89. The van der Waals surface area contributed by atoms with Crippen LogP contribution in [0.1, 0.15) is 22.0 Å². The van der Waals surface area contributed by atoms with Crippen LogP contribution < -0.4 is 5.32 Å². The molecule has 0 bridgehead atoms. The molecule has 1 heterocycles. The van der Waals surface area contributed by atoms with Crippen LogP contribution in [0.2, 0.25) is 5.02 Å². The minimum Gasteiger partial charge on any atom is -0.350 e. The zero-order valence-corrected chi connectivity index (χ0v) is 15.8. The molecule has 1 aliphatic heterocycles. The fourth-order valence-corrected chi connectivity index (χ4v) is 3.51. The number of benzene rings is 2. The fraction of sp³-hybridized carbons (Fsp3) is 0.350. The first-order valence-electron chi connectivity index (χ1n) is 8.86. The van der Waals surface area contributed by atoms with E-state index in [9.17, 15) is 13.6 Å². The van der Waals surface area contributed by atoms with Crippen LogP contribution in [0.25, 0.3) is 0 Å². The van der Waals surface area contributed by atoms with Crippen molar-refractivity contribution in [1.29, 1.82) is 0 Å². The molecule has 27 heavy (non-hydrogen) atoms. The molecule has 1 fully saturated rings. The molecule has 1 N–H and O–H groups in total. The lowest BCUT2D eigenvalue weighted by Gasteiger charge is -2.38. The van der Waals surface area contributed by atoms with Crippen LogP contribution in [0.15, 0.2) is 42.5 Å². The summed E-state index contributed by atoms with van der Waals surface area (Å²) in [6, 6.07) is 10.6. The Kier molecular flexibility index (Phi) is 6.42. The second kappa shape index (κ2) is 8.78. The molecule has 1 aliphatic rings. The average molecular weight is 394 g/mol. The SMILES string of the molecule is CN1CCN(C(CNC(=O)c2ccc(F)c(F)c2)c2ccccc2Cl)CC1. The van der Waals surface area contributed by atoms with E-state index in [0.29, 0.717) is 11.6 Å². The number of nitrogens with zero attached hydrogens (tertiary/aromatic N) is 2. The molecule has 1 saturated heterocycles. The number of likely N-dealkylation sites (N-methyl/N-ethyl adjacent to an activating group) is 1. The van der Waals surface area contributed by atoms with E-state index in [4.69, 9.17) is 11.6 Å². The van der Waals surface area contributed by atoms with Crippen LogP contribution >= 0.6 is 11.6 Å². The van der Waals surface area contributed by atoms with Crippen LogP contribution in [0.3, 0.4) is 0 Å². The summed E-state index contributed by atoms with van der Waals surface area (Å²) in [5, 5.41) is 3.48. The van der Waals surface area contributed by atoms with Crippen molar-refractivity contribution < 1.29 is 13.6 Å². The number of hydrogen-bond acceptors (Lipinski definition) is 3. The Hall–Kier alpha value is -2.02. The van der Waals surface area contributed by atoms with E-state index in [-0.39, 0.29) is 11.6 Å². The lowest BCUT2D eigenvalue weighted by molar-refractivity contribution is 0.0886. The van der Waals surface area contributed by atoms with Gasteiger partial charge in [-0.3, -0.25) is 9.69 Å². The monoisotopic (exact) mass is 393 g/mol. The lowest BCUT2D eigenvalue weighted by atomic mass is 10.0. The van der Waals surface area contributed by atoms with Crippen LogP contribution in [0.5, 0.6) is 0 Å². The third kappa shape index (κ3) is 4.83. The molecule has 0 aliphatic carbocycles. The van der Waals surface area contributed by atoms with Crippen LogP contribution in [0.4, 0.5) is 8.78 Å². The van der Waals surface area contributed by atoms with Crippen molar-refractivity contribution in [3.05, 3.63) is 70.2 Å². The zero-order chi connectivity index (χ0) is 19.4. The van der Waals surface area contributed by atoms with Gasteiger partial charge in [-0.15, -0.1) is 0 Å². The number of carbonyl (C=O) groups excluding carboxylic acids is 1. The van der Waals surface area contributed by atoms with Gasteiger partial charge in [0, 0.05) is 43.3 Å². The maximum Gasteiger partial charge on any atom is 0.251 e. The summed E-state index contributed by atoms with van der Waals surface area (Å²) in [7, 11) is 2.08. The van der Waals surface area contributed by atoms with Gasteiger partial charge < -0.3 is 10.2 Å². The third-order valence-corrected chi connectivity index (χ3v) is 5.22. The molecular weight excluding hydrogens is 372 g/mol. The molecule has 144 valence electrons. The highest BCUT2D eigenvalue weighted by atomic mass is 35.5. The van der Waals surface area contributed by atoms with Gasteiger partial charge in [0.05, 0.1) is 6.04 Å². The van der Waals surface area contributed by atoms with E-state index < -0.39 is 17.5 Å². The summed E-state index contributed by atoms with van der Waals surface area (Å²) in [6.07, 6.45) is 0. The van der Waals surface area contributed by atoms with Crippen LogP contribution in [-0.4, -0.2) is 55.5 Å². The normalized spacial score (nSPS) is 16.9. The van der Waals surface area contributed by atoms with Gasteiger partial charge in [0.25, 0.3) is 5.91 Å². The highest BCUT2D eigenvalue weighted by Crippen LogP contribution is 2.28. The molecule has 7 heteroatoms. The number of rotatable bonds is 5. The molecule has 4 nitrogen and oxygen atoms in total. The first-order chi connectivity index (χ1) is 13.0. The molecule has 2 aromatic carbocycles. The number of hydrogen-bond donors (Lipinski definition) is 1. The van der Waals surface area contributed by atoms with Crippen molar-refractivity contribution in [2.24, 2.45) is 0 Å². The average Bonchev–Trinajstić information content (AvgIpc) is 2.66. The van der Waals surface area contributed by atoms with E-state index in [1.807, 2.05) is 24.3 Å². The molecule has 1 atom stereocenters. The second-order valence-corrected chi connectivity index (χ2v) is 7.12. The molecule has 2 aromatic rings. The second-order valence-electron chi connectivity index (χ2n) is 6.72. The summed E-state index contributed by atoms with van der Waals surface area (Å²) in [5.74, 6) is -2.46. The van der Waals surface area contributed by atoms with Crippen molar-refractivity contribution in [2.75, 3.05) is 39.8 Å². The van der Waals surface area contributed by atoms with E-state index in [0.717, 1.165) is 43.9 Å². The number of halogens is 3. The topological polar surface area (TPSA) is 35.6 Å². The first kappa shape index (κ1) is 19.7.